The predicted octanol–water partition coefficient (Wildman–Crippen LogP) is -2.72. The molecule has 11 nitrogen and oxygen atoms in total. The lowest BCUT2D eigenvalue weighted by Gasteiger charge is -2.37. The largest absolute Gasteiger partial charge is 0.547 e. The van der Waals surface area contributed by atoms with Gasteiger partial charge in [-0.1, -0.05) is 0 Å². The summed E-state index contributed by atoms with van der Waals surface area (Å²) in [5.41, 5.74) is 0.264. The molecule has 1 fully saturated rings. The molecular weight excluding hydrogens is 362 g/mol. The number of carbonyl (C=O) groups is 2. The zero-order valence-corrected chi connectivity index (χ0v) is 14.5. The highest BCUT2D eigenvalue weighted by Gasteiger charge is 2.48. The molecule has 27 heavy (non-hydrogen) atoms. The molecule has 1 aromatic heterocycles. The van der Waals surface area contributed by atoms with Crippen LogP contribution in [0.5, 0.6) is 0 Å². The van der Waals surface area contributed by atoms with Crippen molar-refractivity contribution < 1.29 is 39.3 Å². The number of ketones is 1. The second-order valence-corrected chi connectivity index (χ2v) is 6.27. The van der Waals surface area contributed by atoms with Gasteiger partial charge in [-0.3, -0.25) is 9.80 Å². The number of ether oxygens (including phenoxy) is 1. The van der Waals surface area contributed by atoms with Crippen LogP contribution in [0, 0.1) is 4.91 Å². The molecule has 0 saturated carbocycles. The molecule has 11 heteroatoms. The Morgan fingerprint density at radius 3 is 2.63 bits per heavy atom. The third-order valence-electron chi connectivity index (χ3n) is 4.28. The first-order valence-electron chi connectivity index (χ1n) is 8.25. The number of pyridine rings is 1. The van der Waals surface area contributed by atoms with Crippen LogP contribution < -0.4 is 9.67 Å². The number of nitrogens with zero attached hydrogens (tertiary/aromatic N) is 3. The fourth-order valence-corrected chi connectivity index (χ4v) is 2.77. The van der Waals surface area contributed by atoms with E-state index < -0.39 is 36.6 Å². The highest BCUT2D eigenvalue weighted by molar-refractivity contribution is 5.95. The Kier molecular flexibility index (Phi) is 6.91. The van der Waals surface area contributed by atoms with Crippen LogP contribution in [0.15, 0.2) is 29.8 Å². The summed E-state index contributed by atoms with van der Waals surface area (Å²) < 4.78 is 6.40. The highest BCUT2D eigenvalue weighted by Crippen LogP contribution is 2.24. The lowest BCUT2D eigenvalue weighted by molar-refractivity contribution is -0.777. The molecule has 1 aliphatic rings. The average Bonchev–Trinajstić information content (AvgIpc) is 2.65. The molecule has 1 aliphatic heterocycles. The van der Waals surface area contributed by atoms with E-state index in [9.17, 15) is 34.9 Å². The van der Waals surface area contributed by atoms with Gasteiger partial charge in [-0.2, -0.15) is 4.57 Å². The number of aliphatic carboxylic acids is 1. The molecule has 1 aromatic rings. The average molecular weight is 383 g/mol. The molecule has 2 rings (SSSR count). The molecule has 0 aliphatic carbocycles. The number of aliphatic hydroxyl groups excluding tert-OH is 3. The maximum absolute atomic E-state index is 12.3. The van der Waals surface area contributed by atoms with Crippen LogP contribution >= 0.6 is 0 Å². The first kappa shape index (κ1) is 20.8. The molecular formula is C16H21N3O8. The molecule has 5 unspecified atom stereocenters. The molecule has 0 bridgehead atoms. The van der Waals surface area contributed by atoms with Crippen LogP contribution in [-0.2, 0) is 9.53 Å². The van der Waals surface area contributed by atoms with E-state index in [1.165, 1.54) is 36.1 Å². The van der Waals surface area contributed by atoms with Crippen molar-refractivity contribution in [3.63, 3.8) is 0 Å². The van der Waals surface area contributed by atoms with Crippen molar-refractivity contribution in [1.29, 1.82) is 0 Å². The van der Waals surface area contributed by atoms with Crippen molar-refractivity contribution in [3.05, 3.63) is 35.0 Å². The number of carboxylic acids is 1. The van der Waals surface area contributed by atoms with Gasteiger partial charge in [-0.25, -0.2) is 0 Å². The summed E-state index contributed by atoms with van der Waals surface area (Å²) in [6.07, 6.45) is -5.13. The molecule has 0 amide bonds. The second-order valence-electron chi connectivity index (χ2n) is 6.27. The number of nitroso groups, excluding NO2 is 1. The van der Waals surface area contributed by atoms with Crippen LogP contribution in [0.2, 0.25) is 0 Å². The molecule has 3 N–H and O–H groups in total. The molecule has 2 heterocycles. The van der Waals surface area contributed by atoms with Crippen LogP contribution in [0.4, 0.5) is 0 Å². The molecule has 0 spiro atoms. The summed E-state index contributed by atoms with van der Waals surface area (Å²) >= 11 is 0. The SMILES string of the molecule is CN(CCCC(=O)c1ccc[n+](C2OC(C(=O)[O-])C(O)C(O)C2O)c1)N=O. The van der Waals surface area contributed by atoms with Crippen molar-refractivity contribution >= 4 is 11.8 Å². The van der Waals surface area contributed by atoms with Crippen molar-refractivity contribution in [1.82, 2.24) is 5.01 Å². The van der Waals surface area contributed by atoms with Crippen molar-refractivity contribution in [3.8, 4) is 0 Å². The topological polar surface area (TPSA) is 164 Å². The first-order chi connectivity index (χ1) is 12.8. The Labute approximate surface area is 154 Å². The van der Waals surface area contributed by atoms with E-state index in [-0.39, 0.29) is 17.8 Å². The van der Waals surface area contributed by atoms with Gasteiger partial charge in [0.15, 0.2) is 24.3 Å². The van der Waals surface area contributed by atoms with E-state index in [2.05, 4.69) is 5.29 Å². The van der Waals surface area contributed by atoms with Gasteiger partial charge in [0.05, 0.1) is 16.8 Å². The summed E-state index contributed by atoms with van der Waals surface area (Å²) in [5, 5.41) is 44.6. The molecule has 0 aromatic carbocycles. The lowest BCUT2D eigenvalue weighted by atomic mass is 9.97. The number of carboxylic acid groups (broad SMARTS) is 1. The summed E-state index contributed by atoms with van der Waals surface area (Å²) in [6, 6.07) is 3.02. The number of aromatic nitrogens is 1. The third kappa shape index (κ3) is 4.83. The van der Waals surface area contributed by atoms with Crippen molar-refractivity contribution in [2.45, 2.75) is 43.5 Å². The number of carbonyl (C=O) groups excluding carboxylic acids is 2. The van der Waals surface area contributed by atoms with Gasteiger partial charge in [0.1, 0.15) is 18.3 Å². The maximum atomic E-state index is 12.3. The van der Waals surface area contributed by atoms with Crippen molar-refractivity contribution in [2.75, 3.05) is 13.6 Å². The molecule has 0 radical (unpaired) electrons. The summed E-state index contributed by atoms with van der Waals surface area (Å²) in [5.74, 6) is -1.98. The normalized spacial score (nSPS) is 27.8. The number of rotatable bonds is 8. The summed E-state index contributed by atoms with van der Waals surface area (Å²) in [4.78, 5) is 33.7. The Bertz CT molecular complexity index is 700. The smallest absolute Gasteiger partial charge is 0.292 e. The lowest BCUT2D eigenvalue weighted by Crippen LogP contribution is -2.65. The zero-order valence-electron chi connectivity index (χ0n) is 14.5. The van der Waals surface area contributed by atoms with Gasteiger partial charge >= 0.3 is 0 Å². The number of aliphatic hydroxyl groups is 3. The highest BCUT2D eigenvalue weighted by atomic mass is 16.6. The number of hydrogen-bond donors (Lipinski definition) is 3. The van der Waals surface area contributed by atoms with Crippen LogP contribution in [-0.4, -0.2) is 70.1 Å². The van der Waals surface area contributed by atoms with Crippen LogP contribution in [0.25, 0.3) is 0 Å². The minimum absolute atomic E-state index is 0.140. The van der Waals surface area contributed by atoms with E-state index in [0.29, 0.717) is 13.0 Å². The standard InChI is InChI=1S/C16H21N3O8/c1-18(17-26)6-3-5-10(20)9-4-2-7-19(8-9)15-13(23)11(21)12(22)14(27-15)16(24)25/h2,4,7-8,11-15,21-23H,3,5-6H2,1H3. The summed E-state index contributed by atoms with van der Waals surface area (Å²) in [6.45, 7) is 0.309. The quantitative estimate of drug-likeness (QED) is 0.187. The Balaban J connectivity index is 2.14. The second kappa shape index (κ2) is 8.95. The third-order valence-corrected chi connectivity index (χ3v) is 4.28. The van der Waals surface area contributed by atoms with E-state index in [1.807, 2.05) is 0 Å². The summed E-state index contributed by atoms with van der Waals surface area (Å²) in [7, 11) is 1.49. The van der Waals surface area contributed by atoms with Crippen LogP contribution in [0.3, 0.4) is 0 Å². The van der Waals surface area contributed by atoms with E-state index >= 15 is 0 Å². The van der Waals surface area contributed by atoms with Gasteiger partial charge < -0.3 is 30.0 Å². The maximum Gasteiger partial charge on any atom is 0.292 e. The van der Waals surface area contributed by atoms with E-state index in [0.717, 1.165) is 5.01 Å². The Hall–Kier alpha value is -2.47. The van der Waals surface area contributed by atoms with Crippen molar-refractivity contribution in [2.24, 2.45) is 5.29 Å². The monoisotopic (exact) mass is 383 g/mol. The molecule has 148 valence electrons. The fourth-order valence-electron chi connectivity index (χ4n) is 2.77. The fraction of sp³-hybridized carbons (Fsp3) is 0.562. The van der Waals surface area contributed by atoms with E-state index in [4.69, 9.17) is 4.74 Å². The Morgan fingerprint density at radius 2 is 2.00 bits per heavy atom. The van der Waals surface area contributed by atoms with Gasteiger partial charge in [-0.05, 0) is 12.5 Å². The predicted molar refractivity (Wildman–Crippen MR) is 85.6 cm³/mol. The number of hydrogen-bond acceptors (Lipinski definition) is 9. The van der Waals surface area contributed by atoms with Crippen LogP contribution in [0.1, 0.15) is 29.4 Å². The van der Waals surface area contributed by atoms with Gasteiger partial charge in [0.2, 0.25) is 0 Å². The first-order valence-corrected chi connectivity index (χ1v) is 8.25. The minimum Gasteiger partial charge on any atom is -0.547 e. The Morgan fingerprint density at radius 1 is 1.30 bits per heavy atom. The van der Waals surface area contributed by atoms with Gasteiger partial charge in [-0.15, -0.1) is 4.91 Å². The zero-order chi connectivity index (χ0) is 20.1. The number of Topliss-reactive ketones (excluding diaryl/α,β-unsaturated/α-hetero) is 1. The van der Waals surface area contributed by atoms with Gasteiger partial charge in [0.25, 0.3) is 6.23 Å². The molecule has 5 atom stereocenters. The minimum atomic E-state index is -1.85. The molecule has 1 saturated heterocycles. The van der Waals surface area contributed by atoms with E-state index in [1.54, 1.807) is 0 Å². The van der Waals surface area contributed by atoms with Gasteiger partial charge in [0, 0.05) is 26.1 Å².